The molecule has 0 radical (unpaired) electrons. The van der Waals surface area contributed by atoms with E-state index in [-0.39, 0.29) is 18.1 Å². The van der Waals surface area contributed by atoms with Crippen molar-refractivity contribution < 1.29 is 19.8 Å². The molecule has 1 amide bonds. The lowest BCUT2D eigenvalue weighted by molar-refractivity contribution is 0.0696. The number of amides is 1. The first-order valence-corrected chi connectivity index (χ1v) is 6.36. The highest BCUT2D eigenvalue weighted by Crippen LogP contribution is 2.18. The van der Waals surface area contributed by atoms with Crippen molar-refractivity contribution in [3.63, 3.8) is 0 Å². The van der Waals surface area contributed by atoms with Crippen LogP contribution in [0, 0.1) is 6.92 Å². The van der Waals surface area contributed by atoms with Crippen molar-refractivity contribution >= 4 is 17.6 Å². The molecule has 2 aromatic carbocycles. The molecule has 21 heavy (non-hydrogen) atoms. The van der Waals surface area contributed by atoms with Crippen LogP contribution in [0.5, 0.6) is 0 Å². The second-order valence-corrected chi connectivity index (χ2v) is 4.64. The quantitative estimate of drug-likeness (QED) is 0.805. The maximum absolute atomic E-state index is 12.1. The van der Waals surface area contributed by atoms with E-state index >= 15 is 0 Å². The molecule has 0 fully saturated rings. The van der Waals surface area contributed by atoms with Crippen molar-refractivity contribution in [2.75, 3.05) is 5.32 Å². The maximum Gasteiger partial charge on any atom is 0.335 e. The Balaban J connectivity index is 2.17. The summed E-state index contributed by atoms with van der Waals surface area (Å²) in [5, 5.41) is 20.6. The predicted molar refractivity (Wildman–Crippen MR) is 78.5 cm³/mol. The van der Waals surface area contributed by atoms with Gasteiger partial charge in [-0.25, -0.2) is 4.79 Å². The van der Waals surface area contributed by atoms with E-state index in [2.05, 4.69) is 5.32 Å². The molecule has 0 aliphatic rings. The molecular weight excluding hydrogens is 270 g/mol. The average Bonchev–Trinajstić information content (AvgIpc) is 2.49. The molecule has 0 saturated carbocycles. The van der Waals surface area contributed by atoms with Gasteiger partial charge in [-0.15, -0.1) is 0 Å². The molecule has 0 atom stereocenters. The van der Waals surface area contributed by atoms with Gasteiger partial charge in [-0.3, -0.25) is 4.79 Å². The van der Waals surface area contributed by atoms with Gasteiger partial charge in [-0.1, -0.05) is 12.1 Å². The number of benzene rings is 2. The van der Waals surface area contributed by atoms with Gasteiger partial charge in [-0.2, -0.15) is 0 Å². The summed E-state index contributed by atoms with van der Waals surface area (Å²) in [5.74, 6) is -1.29. The van der Waals surface area contributed by atoms with Gasteiger partial charge < -0.3 is 15.5 Å². The van der Waals surface area contributed by atoms with E-state index in [0.29, 0.717) is 16.8 Å². The standard InChI is InChI=1S/C16H15NO4/c1-10-8-13(16(20)21)6-7-14(10)17-15(19)12-4-2-11(9-18)3-5-12/h2-8,18H,9H2,1H3,(H,17,19)(H,20,21). The highest BCUT2D eigenvalue weighted by Gasteiger charge is 2.10. The number of aromatic carboxylic acids is 1. The van der Waals surface area contributed by atoms with E-state index in [4.69, 9.17) is 10.2 Å². The van der Waals surface area contributed by atoms with E-state index in [9.17, 15) is 9.59 Å². The Hall–Kier alpha value is -2.66. The number of nitrogens with one attached hydrogen (secondary N) is 1. The minimum absolute atomic E-state index is 0.0718. The molecule has 3 N–H and O–H groups in total. The van der Waals surface area contributed by atoms with Crippen LogP contribution in [0.15, 0.2) is 42.5 Å². The predicted octanol–water partition coefficient (Wildman–Crippen LogP) is 2.44. The highest BCUT2D eigenvalue weighted by atomic mass is 16.4. The third kappa shape index (κ3) is 3.46. The number of carboxylic acids is 1. The summed E-state index contributed by atoms with van der Waals surface area (Å²) < 4.78 is 0. The smallest absolute Gasteiger partial charge is 0.335 e. The molecule has 2 rings (SSSR count). The summed E-state index contributed by atoms with van der Waals surface area (Å²) in [7, 11) is 0. The number of hydrogen-bond donors (Lipinski definition) is 3. The van der Waals surface area contributed by atoms with Gasteiger partial charge in [-0.05, 0) is 48.4 Å². The Morgan fingerprint density at radius 1 is 1.05 bits per heavy atom. The summed E-state index contributed by atoms with van der Waals surface area (Å²) >= 11 is 0. The van der Waals surface area contributed by atoms with Crippen LogP contribution in [0.3, 0.4) is 0 Å². The first kappa shape index (κ1) is 14.7. The molecule has 0 heterocycles. The molecule has 0 saturated heterocycles. The third-order valence-electron chi connectivity index (χ3n) is 3.12. The van der Waals surface area contributed by atoms with Crippen LogP contribution in [0.1, 0.15) is 31.8 Å². The van der Waals surface area contributed by atoms with Gasteiger partial charge in [0.05, 0.1) is 12.2 Å². The summed E-state index contributed by atoms with van der Waals surface area (Å²) in [5.41, 5.74) is 2.62. The summed E-state index contributed by atoms with van der Waals surface area (Å²) in [6.45, 7) is 1.66. The number of carboxylic acid groups (broad SMARTS) is 1. The number of hydrogen-bond acceptors (Lipinski definition) is 3. The molecule has 0 aliphatic heterocycles. The minimum atomic E-state index is -1.00. The molecule has 0 spiro atoms. The van der Waals surface area contributed by atoms with Gasteiger partial charge in [0.15, 0.2) is 0 Å². The molecule has 0 aromatic heterocycles. The second kappa shape index (κ2) is 6.19. The van der Waals surface area contributed by atoms with Crippen LogP contribution < -0.4 is 5.32 Å². The second-order valence-electron chi connectivity index (χ2n) is 4.64. The largest absolute Gasteiger partial charge is 0.478 e. The molecule has 0 bridgehead atoms. The first-order chi connectivity index (χ1) is 10.0. The summed E-state index contributed by atoms with van der Waals surface area (Å²) in [4.78, 5) is 23.0. The van der Waals surface area contributed by atoms with Gasteiger partial charge in [0.1, 0.15) is 0 Å². The van der Waals surface area contributed by atoms with Crippen LogP contribution in [-0.4, -0.2) is 22.1 Å². The molecular formula is C16H15NO4. The number of anilines is 1. The number of rotatable bonds is 4. The van der Waals surface area contributed by atoms with E-state index in [1.807, 2.05) is 0 Å². The Morgan fingerprint density at radius 2 is 1.67 bits per heavy atom. The minimum Gasteiger partial charge on any atom is -0.478 e. The van der Waals surface area contributed by atoms with Crippen molar-refractivity contribution in [2.24, 2.45) is 0 Å². The zero-order valence-electron chi connectivity index (χ0n) is 11.5. The van der Waals surface area contributed by atoms with Crippen molar-refractivity contribution in [1.29, 1.82) is 0 Å². The molecule has 0 unspecified atom stereocenters. The van der Waals surface area contributed by atoms with Crippen LogP contribution >= 0.6 is 0 Å². The van der Waals surface area contributed by atoms with Gasteiger partial charge in [0, 0.05) is 11.3 Å². The third-order valence-corrected chi connectivity index (χ3v) is 3.12. The maximum atomic E-state index is 12.1. The monoisotopic (exact) mass is 285 g/mol. The van der Waals surface area contributed by atoms with Crippen LogP contribution in [0.4, 0.5) is 5.69 Å². The van der Waals surface area contributed by atoms with Gasteiger partial charge in [0.25, 0.3) is 5.91 Å². The molecule has 2 aromatic rings. The van der Waals surface area contributed by atoms with Crippen molar-refractivity contribution in [3.05, 3.63) is 64.7 Å². The van der Waals surface area contributed by atoms with Crippen molar-refractivity contribution in [1.82, 2.24) is 0 Å². The number of aliphatic hydroxyl groups is 1. The topological polar surface area (TPSA) is 86.6 Å². The van der Waals surface area contributed by atoms with Crippen LogP contribution in [0.2, 0.25) is 0 Å². The van der Waals surface area contributed by atoms with E-state index in [0.717, 1.165) is 5.56 Å². The van der Waals surface area contributed by atoms with Crippen molar-refractivity contribution in [3.8, 4) is 0 Å². The zero-order valence-corrected chi connectivity index (χ0v) is 11.5. The van der Waals surface area contributed by atoms with E-state index in [1.165, 1.54) is 12.1 Å². The Bertz CT molecular complexity index is 677. The fourth-order valence-electron chi connectivity index (χ4n) is 1.89. The molecule has 0 aliphatic carbocycles. The Labute approximate surface area is 121 Å². The normalized spacial score (nSPS) is 10.2. The lowest BCUT2D eigenvalue weighted by Gasteiger charge is -2.09. The zero-order chi connectivity index (χ0) is 15.4. The van der Waals surface area contributed by atoms with E-state index in [1.54, 1.807) is 37.3 Å². The fourth-order valence-corrected chi connectivity index (χ4v) is 1.89. The van der Waals surface area contributed by atoms with Gasteiger partial charge in [0.2, 0.25) is 0 Å². The molecule has 5 nitrogen and oxygen atoms in total. The average molecular weight is 285 g/mol. The van der Waals surface area contributed by atoms with Crippen LogP contribution in [0.25, 0.3) is 0 Å². The molecule has 108 valence electrons. The highest BCUT2D eigenvalue weighted by molar-refractivity contribution is 6.04. The number of aryl methyl sites for hydroxylation is 1. The van der Waals surface area contributed by atoms with Gasteiger partial charge >= 0.3 is 5.97 Å². The van der Waals surface area contributed by atoms with E-state index < -0.39 is 5.97 Å². The van der Waals surface area contributed by atoms with Crippen molar-refractivity contribution in [2.45, 2.75) is 13.5 Å². The summed E-state index contributed by atoms with van der Waals surface area (Å²) in [6, 6.07) is 11.1. The first-order valence-electron chi connectivity index (χ1n) is 6.36. The molecule has 5 heteroatoms. The Kier molecular flexibility index (Phi) is 4.35. The number of aliphatic hydroxyl groups excluding tert-OH is 1. The number of carbonyl (C=O) groups excluding carboxylic acids is 1. The lowest BCUT2D eigenvalue weighted by Crippen LogP contribution is -2.13. The number of carbonyl (C=O) groups is 2. The summed E-state index contributed by atoms with van der Waals surface area (Å²) in [6.07, 6.45) is 0. The lowest BCUT2D eigenvalue weighted by atomic mass is 10.1. The SMILES string of the molecule is Cc1cc(C(=O)O)ccc1NC(=O)c1ccc(CO)cc1. The van der Waals surface area contributed by atoms with Crippen LogP contribution in [-0.2, 0) is 6.61 Å². The fraction of sp³-hybridized carbons (Fsp3) is 0.125. The Morgan fingerprint density at radius 3 is 2.19 bits per heavy atom.